The molecule has 0 spiro atoms. The number of halogens is 2. The molecule has 1 aromatic rings. The Labute approximate surface area is 148 Å². The minimum absolute atomic E-state index is 0.0625. The predicted octanol–water partition coefficient (Wildman–Crippen LogP) is 5.00. The van der Waals surface area contributed by atoms with Crippen molar-refractivity contribution < 1.29 is 4.79 Å². The predicted molar refractivity (Wildman–Crippen MR) is 97.3 cm³/mol. The van der Waals surface area contributed by atoms with Gasteiger partial charge in [0.1, 0.15) is 0 Å². The van der Waals surface area contributed by atoms with Crippen molar-refractivity contribution in [2.45, 2.75) is 46.1 Å². The van der Waals surface area contributed by atoms with Crippen molar-refractivity contribution >= 4 is 44.4 Å². The molecule has 0 aliphatic heterocycles. The smallest absolute Gasteiger partial charge is 0.252 e. The van der Waals surface area contributed by atoms with Gasteiger partial charge in [-0.2, -0.15) is 0 Å². The molecule has 2 aliphatic rings. The monoisotopic (exact) mass is 461 g/mol. The van der Waals surface area contributed by atoms with Crippen LogP contribution in [0.1, 0.15) is 50.4 Å². The van der Waals surface area contributed by atoms with Gasteiger partial charge in [0.25, 0.3) is 5.91 Å². The summed E-state index contributed by atoms with van der Waals surface area (Å²) in [4.78, 5) is 12.7. The van der Waals surface area contributed by atoms with Crippen LogP contribution in [0.25, 0.3) is 0 Å². The molecule has 3 unspecified atom stereocenters. The van der Waals surface area contributed by atoms with Gasteiger partial charge in [-0.25, -0.2) is 0 Å². The van der Waals surface area contributed by atoms with E-state index in [1.54, 1.807) is 0 Å². The van der Waals surface area contributed by atoms with Gasteiger partial charge in [-0.15, -0.1) is 0 Å². The van der Waals surface area contributed by atoms with E-state index >= 15 is 0 Å². The Balaban J connectivity index is 1.86. The van der Waals surface area contributed by atoms with Crippen LogP contribution in [0.4, 0.5) is 0 Å². The maximum absolute atomic E-state index is 12.7. The SMILES string of the molecule is CC12CCC(C1)C(C)(C)C2NC(=O)c1cc(Br)ccc1I. The molecule has 4 heteroatoms. The van der Waals surface area contributed by atoms with E-state index in [0.717, 1.165) is 19.5 Å². The van der Waals surface area contributed by atoms with Crippen LogP contribution in [0.2, 0.25) is 0 Å². The number of hydrogen-bond donors (Lipinski definition) is 1. The minimum atomic E-state index is 0.0625. The molecular weight excluding hydrogens is 441 g/mol. The normalized spacial score (nSPS) is 33.2. The topological polar surface area (TPSA) is 29.1 Å². The minimum Gasteiger partial charge on any atom is -0.348 e. The van der Waals surface area contributed by atoms with Crippen LogP contribution in [0, 0.1) is 20.3 Å². The highest BCUT2D eigenvalue weighted by Crippen LogP contribution is 2.62. The van der Waals surface area contributed by atoms with Crippen molar-refractivity contribution in [2.75, 3.05) is 0 Å². The second kappa shape index (κ2) is 5.22. The third-order valence-electron chi connectivity index (χ3n) is 5.72. The fourth-order valence-corrected chi connectivity index (χ4v) is 5.48. The van der Waals surface area contributed by atoms with Crippen molar-refractivity contribution in [1.29, 1.82) is 0 Å². The Morgan fingerprint density at radius 3 is 2.71 bits per heavy atom. The quantitative estimate of drug-likeness (QED) is 0.617. The molecule has 0 heterocycles. The summed E-state index contributed by atoms with van der Waals surface area (Å²) in [6.07, 6.45) is 3.80. The van der Waals surface area contributed by atoms with E-state index in [2.05, 4.69) is 64.6 Å². The zero-order valence-corrected chi connectivity index (χ0v) is 16.4. The Kier molecular flexibility index (Phi) is 3.92. The van der Waals surface area contributed by atoms with Gasteiger partial charge >= 0.3 is 0 Å². The summed E-state index contributed by atoms with van der Waals surface area (Å²) in [7, 11) is 0. The molecule has 114 valence electrons. The number of hydrogen-bond acceptors (Lipinski definition) is 1. The molecule has 0 saturated heterocycles. The zero-order valence-electron chi connectivity index (χ0n) is 12.7. The largest absolute Gasteiger partial charge is 0.348 e. The summed E-state index contributed by atoms with van der Waals surface area (Å²) in [5.41, 5.74) is 1.23. The molecule has 3 rings (SSSR count). The summed E-state index contributed by atoms with van der Waals surface area (Å²) < 4.78 is 1.95. The van der Waals surface area contributed by atoms with Gasteiger partial charge in [0.05, 0.1) is 5.56 Å². The summed E-state index contributed by atoms with van der Waals surface area (Å²) >= 11 is 5.69. The highest BCUT2D eigenvalue weighted by Gasteiger charge is 2.59. The van der Waals surface area contributed by atoms with Gasteiger partial charge in [0.15, 0.2) is 0 Å². The number of carbonyl (C=O) groups is 1. The summed E-state index contributed by atoms with van der Waals surface area (Å²) in [5, 5.41) is 3.36. The number of fused-ring (bicyclic) bond motifs is 2. The Morgan fingerprint density at radius 1 is 1.38 bits per heavy atom. The van der Waals surface area contributed by atoms with Crippen molar-refractivity contribution in [1.82, 2.24) is 5.32 Å². The number of benzene rings is 1. The first kappa shape index (κ1) is 15.8. The van der Waals surface area contributed by atoms with Gasteiger partial charge in [0.2, 0.25) is 0 Å². The standard InChI is InChI=1S/C17H21BrINO/c1-16(2)10-6-7-17(3,9-10)15(16)20-14(21)12-8-11(18)4-5-13(12)19/h4-5,8,10,15H,6-7,9H2,1-3H3,(H,20,21). The number of rotatable bonds is 2. The third kappa shape index (κ3) is 2.56. The summed E-state index contributed by atoms with van der Waals surface area (Å²) in [6, 6.07) is 6.14. The van der Waals surface area contributed by atoms with Gasteiger partial charge < -0.3 is 5.32 Å². The Hall–Kier alpha value is -0.100. The van der Waals surface area contributed by atoms with Crippen molar-refractivity contribution in [3.05, 3.63) is 31.8 Å². The molecule has 1 aromatic carbocycles. The van der Waals surface area contributed by atoms with E-state index in [1.165, 1.54) is 19.3 Å². The lowest BCUT2D eigenvalue weighted by atomic mass is 9.68. The number of carbonyl (C=O) groups excluding carboxylic acids is 1. The zero-order chi connectivity index (χ0) is 15.4. The van der Waals surface area contributed by atoms with Crippen LogP contribution < -0.4 is 5.32 Å². The first-order valence-electron chi connectivity index (χ1n) is 7.50. The van der Waals surface area contributed by atoms with Crippen molar-refractivity contribution in [3.63, 3.8) is 0 Å². The molecule has 3 atom stereocenters. The van der Waals surface area contributed by atoms with Gasteiger partial charge in [-0.3, -0.25) is 4.79 Å². The molecule has 1 amide bonds. The molecule has 2 aliphatic carbocycles. The third-order valence-corrected chi connectivity index (χ3v) is 7.15. The van der Waals surface area contributed by atoms with E-state index in [1.807, 2.05) is 18.2 Å². The Bertz CT molecular complexity index is 596. The summed E-state index contributed by atoms with van der Waals surface area (Å²) in [6.45, 7) is 6.98. The fraction of sp³-hybridized carbons (Fsp3) is 0.588. The highest BCUT2D eigenvalue weighted by atomic mass is 127. The molecule has 2 bridgehead atoms. The van der Waals surface area contributed by atoms with Gasteiger partial charge in [-0.1, -0.05) is 36.7 Å². The number of amides is 1. The van der Waals surface area contributed by atoms with E-state index in [-0.39, 0.29) is 22.8 Å². The van der Waals surface area contributed by atoms with Crippen LogP contribution in [-0.4, -0.2) is 11.9 Å². The van der Waals surface area contributed by atoms with Crippen LogP contribution in [-0.2, 0) is 0 Å². The van der Waals surface area contributed by atoms with Crippen molar-refractivity contribution in [2.24, 2.45) is 16.7 Å². The lowest BCUT2D eigenvalue weighted by molar-refractivity contribution is 0.0736. The average Bonchev–Trinajstić information content (AvgIpc) is 2.88. The first-order valence-corrected chi connectivity index (χ1v) is 9.37. The second-order valence-electron chi connectivity index (χ2n) is 7.45. The maximum atomic E-state index is 12.7. The lowest BCUT2D eigenvalue weighted by Crippen LogP contribution is -2.52. The van der Waals surface area contributed by atoms with Crippen LogP contribution in [0.15, 0.2) is 22.7 Å². The van der Waals surface area contributed by atoms with Crippen molar-refractivity contribution in [3.8, 4) is 0 Å². The average molecular weight is 462 g/mol. The molecule has 2 fully saturated rings. The molecule has 0 aromatic heterocycles. The molecule has 2 saturated carbocycles. The maximum Gasteiger partial charge on any atom is 0.252 e. The second-order valence-corrected chi connectivity index (χ2v) is 9.52. The van der Waals surface area contributed by atoms with Crippen LogP contribution >= 0.6 is 38.5 Å². The van der Waals surface area contributed by atoms with E-state index in [0.29, 0.717) is 0 Å². The fourth-order valence-electron chi connectivity index (χ4n) is 4.54. The van der Waals surface area contributed by atoms with Gasteiger partial charge in [-0.05, 0) is 76.8 Å². The molecule has 0 radical (unpaired) electrons. The highest BCUT2D eigenvalue weighted by molar-refractivity contribution is 14.1. The Morgan fingerprint density at radius 2 is 2.10 bits per heavy atom. The number of nitrogens with one attached hydrogen (secondary N) is 1. The lowest BCUT2D eigenvalue weighted by Gasteiger charge is -2.43. The molecular formula is C17H21BrINO. The first-order chi connectivity index (χ1) is 9.74. The van der Waals surface area contributed by atoms with Crippen LogP contribution in [0.3, 0.4) is 0 Å². The van der Waals surface area contributed by atoms with Gasteiger partial charge in [0, 0.05) is 14.1 Å². The summed E-state index contributed by atoms with van der Waals surface area (Å²) in [5.74, 6) is 0.807. The molecule has 1 N–H and O–H groups in total. The van der Waals surface area contributed by atoms with E-state index < -0.39 is 0 Å². The molecule has 2 nitrogen and oxygen atoms in total. The van der Waals surface area contributed by atoms with E-state index in [4.69, 9.17) is 0 Å². The van der Waals surface area contributed by atoms with Crippen LogP contribution in [0.5, 0.6) is 0 Å². The van der Waals surface area contributed by atoms with E-state index in [9.17, 15) is 4.79 Å². The molecule has 21 heavy (non-hydrogen) atoms.